The molecule has 94 valence electrons. The molecule has 0 aromatic rings. The second-order valence-electron chi connectivity index (χ2n) is 5.75. The number of carbonyl (C=O) groups excluding carboxylic acids is 1. The summed E-state index contributed by atoms with van der Waals surface area (Å²) in [6.07, 6.45) is 2.31. The van der Waals surface area contributed by atoms with Crippen LogP contribution in [0.25, 0.3) is 0 Å². The van der Waals surface area contributed by atoms with Crippen LogP contribution in [-0.4, -0.2) is 36.5 Å². The van der Waals surface area contributed by atoms with Crippen LogP contribution < -0.4 is 5.32 Å². The van der Waals surface area contributed by atoms with Crippen molar-refractivity contribution >= 4 is 5.91 Å². The Balaban J connectivity index is 2.51. The fourth-order valence-corrected chi connectivity index (χ4v) is 2.27. The zero-order valence-corrected chi connectivity index (χ0v) is 11.3. The van der Waals surface area contributed by atoms with Crippen molar-refractivity contribution in [2.75, 3.05) is 20.1 Å². The van der Waals surface area contributed by atoms with Crippen LogP contribution in [-0.2, 0) is 4.79 Å². The highest BCUT2D eigenvalue weighted by Gasteiger charge is 2.32. The maximum Gasteiger partial charge on any atom is 0.242 e. The predicted octanol–water partition coefficient (Wildman–Crippen LogP) is 1.88. The molecule has 1 fully saturated rings. The lowest BCUT2D eigenvalue weighted by atomic mass is 9.86. The monoisotopic (exact) mass is 226 g/mol. The van der Waals surface area contributed by atoms with Crippen molar-refractivity contribution in [3.05, 3.63) is 0 Å². The van der Waals surface area contributed by atoms with Crippen molar-refractivity contribution in [1.82, 2.24) is 10.2 Å². The van der Waals surface area contributed by atoms with Crippen LogP contribution >= 0.6 is 0 Å². The number of rotatable bonds is 3. The number of nitrogens with zero attached hydrogens (tertiary/aromatic N) is 1. The standard InChI is InChI=1S/C13H26N2O/c1-10(2)11-6-8-15(9-7-11)12(16)13(3,4)14-5/h10-11,14H,6-9H2,1-5H3. The Morgan fingerprint density at radius 2 is 1.81 bits per heavy atom. The Kier molecular flexibility index (Phi) is 4.36. The van der Waals surface area contributed by atoms with Gasteiger partial charge in [-0.2, -0.15) is 0 Å². The largest absolute Gasteiger partial charge is 0.341 e. The summed E-state index contributed by atoms with van der Waals surface area (Å²) in [5, 5.41) is 3.08. The van der Waals surface area contributed by atoms with Gasteiger partial charge in [0.05, 0.1) is 5.54 Å². The van der Waals surface area contributed by atoms with Gasteiger partial charge in [-0.05, 0) is 45.6 Å². The van der Waals surface area contributed by atoms with E-state index < -0.39 is 5.54 Å². The number of likely N-dealkylation sites (tertiary alicyclic amines) is 1. The van der Waals surface area contributed by atoms with E-state index in [4.69, 9.17) is 0 Å². The molecule has 3 nitrogen and oxygen atoms in total. The molecule has 1 rings (SSSR count). The van der Waals surface area contributed by atoms with E-state index in [-0.39, 0.29) is 5.91 Å². The third kappa shape index (κ3) is 2.97. The van der Waals surface area contributed by atoms with Crippen molar-refractivity contribution in [2.45, 2.75) is 46.1 Å². The van der Waals surface area contributed by atoms with Crippen molar-refractivity contribution < 1.29 is 4.79 Å². The van der Waals surface area contributed by atoms with Crippen LogP contribution in [0.3, 0.4) is 0 Å². The van der Waals surface area contributed by atoms with Crippen molar-refractivity contribution in [3.63, 3.8) is 0 Å². The Morgan fingerprint density at radius 1 is 1.31 bits per heavy atom. The minimum atomic E-state index is -0.426. The topological polar surface area (TPSA) is 32.3 Å². The van der Waals surface area contributed by atoms with E-state index in [1.54, 1.807) is 0 Å². The molecule has 0 unspecified atom stereocenters. The van der Waals surface area contributed by atoms with E-state index in [1.807, 2.05) is 25.8 Å². The maximum atomic E-state index is 12.2. The van der Waals surface area contributed by atoms with Gasteiger partial charge in [-0.3, -0.25) is 4.79 Å². The molecular formula is C13H26N2O. The van der Waals surface area contributed by atoms with Crippen molar-refractivity contribution in [1.29, 1.82) is 0 Å². The molecule has 0 aromatic carbocycles. The zero-order valence-electron chi connectivity index (χ0n) is 11.3. The molecule has 0 spiro atoms. The zero-order chi connectivity index (χ0) is 12.3. The second-order valence-corrected chi connectivity index (χ2v) is 5.75. The summed E-state index contributed by atoms with van der Waals surface area (Å²) in [4.78, 5) is 14.2. The SMILES string of the molecule is CNC(C)(C)C(=O)N1CCC(C(C)C)CC1. The molecule has 1 N–H and O–H groups in total. The maximum absolute atomic E-state index is 12.2. The van der Waals surface area contributed by atoms with E-state index >= 15 is 0 Å². The molecule has 0 bridgehead atoms. The molecule has 1 saturated heterocycles. The first-order chi connectivity index (χ1) is 7.38. The molecule has 1 aliphatic rings. The summed E-state index contributed by atoms with van der Waals surface area (Å²) >= 11 is 0. The Labute approximate surface area is 99.6 Å². The van der Waals surface area contributed by atoms with Gasteiger partial charge in [0.25, 0.3) is 0 Å². The number of hydrogen-bond acceptors (Lipinski definition) is 2. The molecule has 3 heteroatoms. The normalized spacial score (nSPS) is 19.2. The summed E-state index contributed by atoms with van der Waals surface area (Å²) in [7, 11) is 1.85. The lowest BCUT2D eigenvalue weighted by molar-refractivity contribution is -0.138. The average molecular weight is 226 g/mol. The number of hydrogen-bond donors (Lipinski definition) is 1. The van der Waals surface area contributed by atoms with E-state index in [1.165, 1.54) is 0 Å². The number of likely N-dealkylation sites (N-methyl/N-ethyl adjacent to an activating group) is 1. The summed E-state index contributed by atoms with van der Waals surface area (Å²) in [6.45, 7) is 10.3. The Hall–Kier alpha value is -0.570. The Morgan fingerprint density at radius 3 is 2.19 bits per heavy atom. The number of piperidine rings is 1. The molecule has 1 aliphatic heterocycles. The highest BCUT2D eigenvalue weighted by atomic mass is 16.2. The Bertz CT molecular complexity index is 240. The molecule has 0 saturated carbocycles. The third-order valence-electron chi connectivity index (χ3n) is 3.93. The van der Waals surface area contributed by atoms with Crippen LogP contribution in [0, 0.1) is 11.8 Å². The molecule has 16 heavy (non-hydrogen) atoms. The minimum absolute atomic E-state index is 0.234. The smallest absolute Gasteiger partial charge is 0.242 e. The lowest BCUT2D eigenvalue weighted by Gasteiger charge is -2.38. The third-order valence-corrected chi connectivity index (χ3v) is 3.93. The van der Waals surface area contributed by atoms with Crippen LogP contribution in [0.4, 0.5) is 0 Å². The first-order valence-corrected chi connectivity index (χ1v) is 6.36. The molecule has 1 heterocycles. The van der Waals surface area contributed by atoms with Gasteiger partial charge in [0.2, 0.25) is 5.91 Å². The van der Waals surface area contributed by atoms with Crippen LogP contribution in [0.2, 0.25) is 0 Å². The summed E-state index contributed by atoms with van der Waals surface area (Å²) in [5.41, 5.74) is -0.426. The van der Waals surface area contributed by atoms with Crippen molar-refractivity contribution in [2.24, 2.45) is 11.8 Å². The van der Waals surface area contributed by atoms with Gasteiger partial charge in [0.1, 0.15) is 0 Å². The second kappa shape index (κ2) is 5.17. The van der Waals surface area contributed by atoms with Gasteiger partial charge >= 0.3 is 0 Å². The lowest BCUT2D eigenvalue weighted by Crippen LogP contribution is -2.54. The highest BCUT2D eigenvalue weighted by Crippen LogP contribution is 2.25. The number of amides is 1. The molecular weight excluding hydrogens is 200 g/mol. The fourth-order valence-electron chi connectivity index (χ4n) is 2.27. The van der Waals surface area contributed by atoms with E-state index in [0.29, 0.717) is 0 Å². The number of nitrogens with one attached hydrogen (secondary N) is 1. The van der Waals surface area contributed by atoms with Crippen LogP contribution in [0.15, 0.2) is 0 Å². The molecule has 1 amide bonds. The summed E-state index contributed by atoms with van der Waals surface area (Å²) in [6, 6.07) is 0. The summed E-state index contributed by atoms with van der Waals surface area (Å²) < 4.78 is 0. The van der Waals surface area contributed by atoms with Crippen molar-refractivity contribution in [3.8, 4) is 0 Å². The quantitative estimate of drug-likeness (QED) is 0.797. The van der Waals surface area contributed by atoms with E-state index in [2.05, 4.69) is 19.2 Å². The minimum Gasteiger partial charge on any atom is -0.341 e. The predicted molar refractivity (Wildman–Crippen MR) is 67.3 cm³/mol. The number of carbonyl (C=O) groups is 1. The van der Waals surface area contributed by atoms with Gasteiger partial charge < -0.3 is 10.2 Å². The van der Waals surface area contributed by atoms with Crippen LogP contribution in [0.5, 0.6) is 0 Å². The van der Waals surface area contributed by atoms with Gasteiger partial charge in [-0.1, -0.05) is 13.8 Å². The summed E-state index contributed by atoms with van der Waals surface area (Å²) in [5.74, 6) is 1.77. The van der Waals surface area contributed by atoms with Gasteiger partial charge in [-0.15, -0.1) is 0 Å². The average Bonchev–Trinajstić information content (AvgIpc) is 2.28. The first-order valence-electron chi connectivity index (χ1n) is 6.36. The fraction of sp³-hybridized carbons (Fsp3) is 0.923. The molecule has 0 radical (unpaired) electrons. The molecule has 0 atom stereocenters. The molecule has 0 aliphatic carbocycles. The van der Waals surface area contributed by atoms with Gasteiger partial charge in [0, 0.05) is 13.1 Å². The van der Waals surface area contributed by atoms with Gasteiger partial charge in [-0.25, -0.2) is 0 Å². The van der Waals surface area contributed by atoms with Gasteiger partial charge in [0.15, 0.2) is 0 Å². The highest BCUT2D eigenvalue weighted by molar-refractivity contribution is 5.85. The molecule has 0 aromatic heterocycles. The van der Waals surface area contributed by atoms with E-state index in [9.17, 15) is 4.79 Å². The van der Waals surface area contributed by atoms with Crippen LogP contribution in [0.1, 0.15) is 40.5 Å². The van der Waals surface area contributed by atoms with E-state index in [0.717, 1.165) is 37.8 Å². The first kappa shape index (κ1) is 13.5.